The first-order valence-corrected chi connectivity index (χ1v) is 10.4. The fraction of sp³-hybridized carbons (Fsp3) is 0.375. The second kappa shape index (κ2) is 8.03. The summed E-state index contributed by atoms with van der Waals surface area (Å²) in [5, 5.41) is 14.2. The van der Waals surface area contributed by atoms with Crippen molar-refractivity contribution in [1.82, 2.24) is 15.0 Å². The summed E-state index contributed by atoms with van der Waals surface area (Å²) in [4.78, 5) is 19.8. The molecule has 1 aromatic carbocycles. The number of hydrogen-bond acceptors (Lipinski definition) is 5. The molecule has 1 aliphatic heterocycles. The number of carbonyl (C=O) groups excluding carboxylic acids is 1. The van der Waals surface area contributed by atoms with E-state index in [0.717, 1.165) is 24.0 Å². The van der Waals surface area contributed by atoms with Crippen molar-refractivity contribution in [2.24, 2.45) is 0 Å². The zero-order chi connectivity index (χ0) is 21.3. The van der Waals surface area contributed by atoms with Crippen molar-refractivity contribution in [3.63, 3.8) is 0 Å². The van der Waals surface area contributed by atoms with Crippen LogP contribution >= 0.6 is 0 Å². The van der Waals surface area contributed by atoms with E-state index < -0.39 is 5.60 Å². The normalized spacial score (nSPS) is 19.7. The van der Waals surface area contributed by atoms with Crippen LogP contribution in [-0.4, -0.2) is 38.6 Å². The molecule has 1 N–H and O–H groups in total. The zero-order valence-electron chi connectivity index (χ0n) is 17.6. The van der Waals surface area contributed by atoms with E-state index in [-0.39, 0.29) is 17.9 Å². The second-order valence-electron chi connectivity index (χ2n) is 8.52. The molecule has 2 aromatic heterocycles. The summed E-state index contributed by atoms with van der Waals surface area (Å²) in [6.45, 7) is 5.96. The average Bonchev–Trinajstić information content (AvgIpc) is 3.25. The number of rotatable bonds is 4. The third kappa shape index (κ3) is 4.00. The molecule has 156 valence electrons. The zero-order valence-corrected chi connectivity index (χ0v) is 17.6. The number of amides is 1. The van der Waals surface area contributed by atoms with E-state index in [2.05, 4.69) is 17.1 Å². The second-order valence-corrected chi connectivity index (χ2v) is 8.52. The van der Waals surface area contributed by atoms with Gasteiger partial charge in [0.1, 0.15) is 22.7 Å². The van der Waals surface area contributed by atoms with Crippen molar-refractivity contribution in [3.05, 3.63) is 71.9 Å². The molecule has 1 aliphatic rings. The summed E-state index contributed by atoms with van der Waals surface area (Å²) >= 11 is 0. The molecule has 1 saturated heterocycles. The van der Waals surface area contributed by atoms with Crippen LogP contribution in [0.2, 0.25) is 0 Å². The lowest BCUT2D eigenvalue weighted by molar-refractivity contribution is 0.0590. The highest BCUT2D eigenvalue weighted by Crippen LogP contribution is 2.33. The molecule has 30 heavy (non-hydrogen) atoms. The highest BCUT2D eigenvalue weighted by Gasteiger charge is 2.34. The fourth-order valence-electron chi connectivity index (χ4n) is 3.95. The van der Waals surface area contributed by atoms with Gasteiger partial charge in [-0.25, -0.2) is 0 Å². The summed E-state index contributed by atoms with van der Waals surface area (Å²) in [6, 6.07) is 15.6. The van der Waals surface area contributed by atoms with E-state index in [0.29, 0.717) is 23.7 Å². The Morgan fingerprint density at radius 1 is 1.17 bits per heavy atom. The van der Waals surface area contributed by atoms with Gasteiger partial charge < -0.3 is 14.5 Å². The van der Waals surface area contributed by atoms with E-state index in [1.165, 1.54) is 0 Å². The molecule has 1 fully saturated rings. The van der Waals surface area contributed by atoms with Crippen molar-refractivity contribution in [2.45, 2.75) is 51.2 Å². The Labute approximate surface area is 176 Å². The molecule has 1 amide bonds. The maximum absolute atomic E-state index is 13.5. The quantitative estimate of drug-likeness (QED) is 0.697. The van der Waals surface area contributed by atoms with Gasteiger partial charge in [0.15, 0.2) is 0 Å². The predicted octanol–water partition coefficient (Wildman–Crippen LogP) is 4.37. The van der Waals surface area contributed by atoms with Crippen LogP contribution in [0.3, 0.4) is 0 Å². The Bertz CT molecular complexity index is 1020. The summed E-state index contributed by atoms with van der Waals surface area (Å²) in [5.74, 6) is 0.674. The number of pyridine rings is 1. The van der Waals surface area contributed by atoms with Gasteiger partial charge >= 0.3 is 0 Å². The van der Waals surface area contributed by atoms with E-state index >= 15 is 0 Å². The summed E-state index contributed by atoms with van der Waals surface area (Å²) in [5.41, 5.74) is 1.72. The summed E-state index contributed by atoms with van der Waals surface area (Å²) < 4.78 is 5.53. The first kappa shape index (κ1) is 20.3. The van der Waals surface area contributed by atoms with Gasteiger partial charge in [-0.15, -0.1) is 0 Å². The molecule has 0 unspecified atom stereocenters. The van der Waals surface area contributed by atoms with Crippen LogP contribution in [0.1, 0.15) is 61.5 Å². The van der Waals surface area contributed by atoms with Crippen molar-refractivity contribution >= 4 is 5.91 Å². The average molecular weight is 405 g/mol. The van der Waals surface area contributed by atoms with Gasteiger partial charge in [0, 0.05) is 36.3 Å². The van der Waals surface area contributed by atoms with Crippen LogP contribution < -0.4 is 0 Å². The molecule has 0 spiro atoms. The number of nitrogens with zero attached hydrogens (tertiary/aromatic N) is 3. The van der Waals surface area contributed by atoms with Crippen LogP contribution in [0.25, 0.3) is 11.1 Å². The Morgan fingerprint density at radius 3 is 2.63 bits per heavy atom. The molecule has 6 nitrogen and oxygen atoms in total. The number of carbonyl (C=O) groups is 1. The van der Waals surface area contributed by atoms with Gasteiger partial charge in [-0.05, 0) is 45.2 Å². The molecule has 2 atom stereocenters. The lowest BCUT2D eigenvalue weighted by Gasteiger charge is -2.37. The Hall–Kier alpha value is -2.99. The molecule has 0 saturated carbocycles. The minimum absolute atomic E-state index is 0.0395. The summed E-state index contributed by atoms with van der Waals surface area (Å²) in [7, 11) is 0. The van der Waals surface area contributed by atoms with Gasteiger partial charge in [-0.2, -0.15) is 0 Å². The maximum Gasteiger partial charge on any atom is 0.273 e. The monoisotopic (exact) mass is 405 g/mol. The van der Waals surface area contributed by atoms with Crippen LogP contribution in [0.5, 0.6) is 0 Å². The fourth-order valence-corrected chi connectivity index (χ4v) is 3.95. The Balaban J connectivity index is 1.61. The minimum Gasteiger partial charge on any atom is -0.384 e. The van der Waals surface area contributed by atoms with E-state index in [9.17, 15) is 9.90 Å². The van der Waals surface area contributed by atoms with Crippen LogP contribution in [0.4, 0.5) is 0 Å². The van der Waals surface area contributed by atoms with Crippen LogP contribution in [0, 0.1) is 0 Å². The molecule has 0 bridgehead atoms. The molecule has 4 rings (SSSR count). The van der Waals surface area contributed by atoms with Gasteiger partial charge in [-0.1, -0.05) is 41.6 Å². The largest absolute Gasteiger partial charge is 0.384 e. The van der Waals surface area contributed by atoms with Crippen molar-refractivity contribution in [3.8, 4) is 11.1 Å². The molecular formula is C24H27N3O3. The SMILES string of the molecule is C[C@@H]1CC[C@@H](c2cc(C(C)(C)O)no2)CN1C(=O)c1ncccc1-c1ccccc1. The first-order valence-electron chi connectivity index (χ1n) is 10.4. The third-order valence-corrected chi connectivity index (χ3v) is 5.80. The maximum atomic E-state index is 13.5. The van der Waals surface area contributed by atoms with E-state index in [1.807, 2.05) is 47.4 Å². The highest BCUT2D eigenvalue weighted by molar-refractivity contribution is 5.99. The van der Waals surface area contributed by atoms with Crippen molar-refractivity contribution < 1.29 is 14.4 Å². The summed E-state index contributed by atoms with van der Waals surface area (Å²) in [6.07, 6.45) is 3.43. The smallest absolute Gasteiger partial charge is 0.273 e. The molecular weight excluding hydrogens is 378 g/mol. The molecule has 3 heterocycles. The lowest BCUT2D eigenvalue weighted by Crippen LogP contribution is -2.45. The topological polar surface area (TPSA) is 79.5 Å². The predicted molar refractivity (Wildman–Crippen MR) is 114 cm³/mol. The molecule has 0 radical (unpaired) electrons. The number of likely N-dealkylation sites (tertiary alicyclic amines) is 1. The van der Waals surface area contributed by atoms with E-state index in [1.54, 1.807) is 26.1 Å². The van der Waals surface area contributed by atoms with Crippen molar-refractivity contribution in [2.75, 3.05) is 6.54 Å². The van der Waals surface area contributed by atoms with E-state index in [4.69, 9.17) is 4.52 Å². The standard InChI is InChI=1S/C24H27N3O3/c1-16-11-12-18(20-14-21(26-30-20)24(2,3)29)15-27(16)23(28)22-19(10-7-13-25-22)17-8-5-4-6-9-17/h4-10,13-14,16,18,29H,11-12,15H2,1-3H3/t16-,18-/m1/s1. The van der Waals surface area contributed by atoms with Gasteiger partial charge in [0.05, 0.1) is 0 Å². The van der Waals surface area contributed by atoms with Gasteiger partial charge in [-0.3, -0.25) is 9.78 Å². The Morgan fingerprint density at radius 2 is 1.93 bits per heavy atom. The molecule has 3 aromatic rings. The van der Waals surface area contributed by atoms with Crippen LogP contribution in [-0.2, 0) is 5.60 Å². The number of aliphatic hydroxyl groups is 1. The number of aromatic nitrogens is 2. The number of benzene rings is 1. The third-order valence-electron chi connectivity index (χ3n) is 5.80. The van der Waals surface area contributed by atoms with Crippen LogP contribution in [0.15, 0.2) is 59.3 Å². The van der Waals surface area contributed by atoms with Gasteiger partial charge in [0.2, 0.25) is 0 Å². The first-order chi connectivity index (χ1) is 14.3. The molecule has 0 aliphatic carbocycles. The highest BCUT2D eigenvalue weighted by atomic mass is 16.5. The van der Waals surface area contributed by atoms with Crippen molar-refractivity contribution in [1.29, 1.82) is 0 Å². The minimum atomic E-state index is -1.06. The van der Waals surface area contributed by atoms with Gasteiger partial charge in [0.25, 0.3) is 5.91 Å². The number of hydrogen-bond donors (Lipinski definition) is 1. The lowest BCUT2D eigenvalue weighted by atomic mass is 9.90. The Kier molecular flexibility index (Phi) is 5.43. The number of piperidine rings is 1. The molecule has 6 heteroatoms.